The highest BCUT2D eigenvalue weighted by Crippen LogP contribution is 2.33. The smallest absolute Gasteiger partial charge is 0.304 e. The Balaban J connectivity index is 2.68. The van der Waals surface area contributed by atoms with Crippen LogP contribution in [0.25, 0.3) is 0 Å². The van der Waals surface area contributed by atoms with Gasteiger partial charge in [0.1, 0.15) is 0 Å². The van der Waals surface area contributed by atoms with Gasteiger partial charge in [0, 0.05) is 17.6 Å². The molecule has 0 unspecified atom stereocenters. The van der Waals surface area contributed by atoms with E-state index in [0.29, 0.717) is 24.6 Å². The molecule has 0 bridgehead atoms. The molecule has 0 aliphatic carbocycles. The van der Waals surface area contributed by atoms with Crippen LogP contribution in [0, 0.1) is 0 Å². The third-order valence-corrected chi connectivity index (χ3v) is 3.12. The zero-order valence-electron chi connectivity index (χ0n) is 10.3. The minimum atomic E-state index is -0.811. The van der Waals surface area contributed by atoms with Crippen molar-refractivity contribution in [1.29, 1.82) is 0 Å². The molecule has 1 aromatic rings. The number of ether oxygens (including phenoxy) is 2. The molecule has 1 rings (SSSR count). The fourth-order valence-electron chi connectivity index (χ4n) is 1.45. The SMILES string of the molecule is COc1cc(Br)c(CNCCC(=O)O)cc1OC. The first kappa shape index (κ1) is 14.8. The van der Waals surface area contributed by atoms with Crippen molar-refractivity contribution in [1.82, 2.24) is 5.32 Å². The Morgan fingerprint density at radius 3 is 2.50 bits per heavy atom. The molecule has 0 saturated carbocycles. The Bertz CT molecular complexity index is 423. The maximum atomic E-state index is 10.4. The molecule has 0 aliphatic rings. The fourth-order valence-corrected chi connectivity index (χ4v) is 1.91. The molecular weight excluding hydrogens is 302 g/mol. The van der Waals surface area contributed by atoms with Crippen molar-refractivity contribution in [3.63, 3.8) is 0 Å². The number of nitrogens with one attached hydrogen (secondary N) is 1. The van der Waals surface area contributed by atoms with E-state index in [4.69, 9.17) is 14.6 Å². The van der Waals surface area contributed by atoms with Gasteiger partial charge >= 0.3 is 5.97 Å². The molecule has 0 heterocycles. The minimum Gasteiger partial charge on any atom is -0.493 e. The molecule has 0 atom stereocenters. The fraction of sp³-hybridized carbons (Fsp3) is 0.417. The second-order valence-corrected chi connectivity index (χ2v) is 4.47. The van der Waals surface area contributed by atoms with Gasteiger partial charge < -0.3 is 19.9 Å². The normalized spacial score (nSPS) is 10.2. The van der Waals surface area contributed by atoms with Crippen LogP contribution in [0.3, 0.4) is 0 Å². The predicted molar refractivity (Wildman–Crippen MR) is 71.2 cm³/mol. The summed E-state index contributed by atoms with van der Waals surface area (Å²) in [6, 6.07) is 3.68. The highest BCUT2D eigenvalue weighted by Gasteiger charge is 2.09. The van der Waals surface area contributed by atoms with Gasteiger partial charge in [-0.15, -0.1) is 0 Å². The van der Waals surface area contributed by atoms with Crippen molar-refractivity contribution in [2.24, 2.45) is 0 Å². The van der Waals surface area contributed by atoms with E-state index in [1.165, 1.54) is 0 Å². The molecule has 18 heavy (non-hydrogen) atoms. The van der Waals surface area contributed by atoms with Crippen LogP contribution in [-0.2, 0) is 11.3 Å². The van der Waals surface area contributed by atoms with Crippen molar-refractivity contribution in [2.45, 2.75) is 13.0 Å². The molecule has 0 aliphatic heterocycles. The topological polar surface area (TPSA) is 67.8 Å². The van der Waals surface area contributed by atoms with E-state index in [2.05, 4.69) is 21.2 Å². The second kappa shape index (κ2) is 7.23. The van der Waals surface area contributed by atoms with Gasteiger partial charge in [-0.1, -0.05) is 15.9 Å². The van der Waals surface area contributed by atoms with E-state index in [1.54, 1.807) is 14.2 Å². The van der Waals surface area contributed by atoms with Gasteiger partial charge in [0.15, 0.2) is 11.5 Å². The van der Waals surface area contributed by atoms with E-state index in [1.807, 2.05) is 12.1 Å². The van der Waals surface area contributed by atoms with Crippen molar-refractivity contribution in [3.05, 3.63) is 22.2 Å². The standard InChI is InChI=1S/C12H16BrNO4/c1-17-10-5-8(7-14-4-3-12(15)16)9(13)6-11(10)18-2/h5-6,14H,3-4,7H2,1-2H3,(H,15,16). The average molecular weight is 318 g/mol. The third kappa shape index (κ3) is 4.19. The van der Waals surface area contributed by atoms with E-state index in [0.717, 1.165) is 10.0 Å². The van der Waals surface area contributed by atoms with Crippen LogP contribution in [0.5, 0.6) is 11.5 Å². The van der Waals surface area contributed by atoms with Crippen molar-refractivity contribution in [2.75, 3.05) is 20.8 Å². The van der Waals surface area contributed by atoms with E-state index in [-0.39, 0.29) is 6.42 Å². The molecule has 5 nitrogen and oxygen atoms in total. The number of halogens is 1. The highest BCUT2D eigenvalue weighted by molar-refractivity contribution is 9.10. The summed E-state index contributed by atoms with van der Waals surface area (Å²) >= 11 is 3.44. The van der Waals surface area contributed by atoms with E-state index >= 15 is 0 Å². The highest BCUT2D eigenvalue weighted by atomic mass is 79.9. The number of hydrogen-bond donors (Lipinski definition) is 2. The number of rotatable bonds is 7. The molecule has 0 radical (unpaired) electrons. The average Bonchev–Trinajstić information content (AvgIpc) is 2.35. The van der Waals surface area contributed by atoms with Crippen molar-refractivity contribution < 1.29 is 19.4 Å². The first-order valence-electron chi connectivity index (χ1n) is 5.41. The molecule has 0 fully saturated rings. The third-order valence-electron chi connectivity index (χ3n) is 2.38. The monoisotopic (exact) mass is 317 g/mol. The summed E-state index contributed by atoms with van der Waals surface area (Å²) in [5.41, 5.74) is 0.984. The van der Waals surface area contributed by atoms with Crippen LogP contribution in [-0.4, -0.2) is 31.8 Å². The summed E-state index contributed by atoms with van der Waals surface area (Å²) in [5, 5.41) is 11.6. The molecule has 2 N–H and O–H groups in total. The Morgan fingerprint density at radius 2 is 1.94 bits per heavy atom. The summed E-state index contributed by atoms with van der Waals surface area (Å²) in [7, 11) is 3.16. The largest absolute Gasteiger partial charge is 0.493 e. The van der Waals surface area contributed by atoms with Gasteiger partial charge in [0.05, 0.1) is 20.6 Å². The Hall–Kier alpha value is -1.27. The number of benzene rings is 1. The number of carboxylic acid groups (broad SMARTS) is 1. The first-order valence-corrected chi connectivity index (χ1v) is 6.20. The lowest BCUT2D eigenvalue weighted by Crippen LogP contribution is -2.17. The maximum absolute atomic E-state index is 10.4. The molecular formula is C12H16BrNO4. The van der Waals surface area contributed by atoms with Crippen LogP contribution >= 0.6 is 15.9 Å². The van der Waals surface area contributed by atoms with Gasteiger partial charge in [-0.25, -0.2) is 0 Å². The summed E-state index contributed by atoms with van der Waals surface area (Å²) in [6.07, 6.45) is 0.102. The van der Waals surface area contributed by atoms with Gasteiger partial charge in [0.2, 0.25) is 0 Å². The van der Waals surface area contributed by atoms with Crippen LogP contribution in [0.4, 0.5) is 0 Å². The Morgan fingerprint density at radius 1 is 1.33 bits per heavy atom. The summed E-state index contributed by atoms with van der Waals surface area (Å²) in [6.45, 7) is 0.990. The zero-order valence-corrected chi connectivity index (χ0v) is 11.9. The lowest BCUT2D eigenvalue weighted by atomic mass is 10.2. The van der Waals surface area contributed by atoms with Gasteiger partial charge in [-0.2, -0.15) is 0 Å². The molecule has 1 aromatic carbocycles. The summed E-state index contributed by atoms with van der Waals surface area (Å²) in [5.74, 6) is 0.489. The van der Waals surface area contributed by atoms with Crippen LogP contribution in [0.15, 0.2) is 16.6 Å². The van der Waals surface area contributed by atoms with Gasteiger partial charge in [-0.3, -0.25) is 4.79 Å². The quantitative estimate of drug-likeness (QED) is 0.753. The maximum Gasteiger partial charge on any atom is 0.304 e. The van der Waals surface area contributed by atoms with E-state index < -0.39 is 5.97 Å². The lowest BCUT2D eigenvalue weighted by molar-refractivity contribution is -0.136. The molecule has 6 heteroatoms. The Kier molecular flexibility index (Phi) is 5.94. The van der Waals surface area contributed by atoms with Crippen LogP contribution in [0.1, 0.15) is 12.0 Å². The molecule has 100 valence electrons. The molecule has 0 aromatic heterocycles. The van der Waals surface area contributed by atoms with Crippen LogP contribution < -0.4 is 14.8 Å². The minimum absolute atomic E-state index is 0.102. The van der Waals surface area contributed by atoms with Crippen molar-refractivity contribution >= 4 is 21.9 Å². The van der Waals surface area contributed by atoms with Crippen LogP contribution in [0.2, 0.25) is 0 Å². The van der Waals surface area contributed by atoms with Gasteiger partial charge in [0.25, 0.3) is 0 Å². The lowest BCUT2D eigenvalue weighted by Gasteiger charge is -2.12. The molecule has 0 saturated heterocycles. The Labute approximate surface area is 114 Å². The molecule has 0 spiro atoms. The number of hydrogen-bond acceptors (Lipinski definition) is 4. The number of carboxylic acids is 1. The van der Waals surface area contributed by atoms with Gasteiger partial charge in [-0.05, 0) is 17.7 Å². The van der Waals surface area contributed by atoms with Crippen molar-refractivity contribution in [3.8, 4) is 11.5 Å². The number of aliphatic carboxylic acids is 1. The summed E-state index contributed by atoms with van der Waals surface area (Å²) < 4.78 is 11.3. The summed E-state index contributed by atoms with van der Waals surface area (Å²) in [4.78, 5) is 10.4. The van der Waals surface area contributed by atoms with E-state index in [9.17, 15) is 4.79 Å². The number of carbonyl (C=O) groups is 1. The zero-order chi connectivity index (χ0) is 13.5. The first-order chi connectivity index (χ1) is 8.58. The second-order valence-electron chi connectivity index (χ2n) is 3.62. The predicted octanol–water partition coefficient (Wildman–Crippen LogP) is 2.03. The number of methoxy groups -OCH3 is 2. The molecule has 0 amide bonds.